The summed E-state index contributed by atoms with van der Waals surface area (Å²) in [5, 5.41) is 7.80. The third-order valence-corrected chi connectivity index (χ3v) is 19.8. The molecule has 0 unspecified atom stereocenters. The van der Waals surface area contributed by atoms with Crippen molar-refractivity contribution in [3.8, 4) is 111 Å². The Morgan fingerprint density at radius 3 is 1.11 bits per heavy atom. The normalized spacial score (nSPS) is 14.8. The highest BCUT2D eigenvalue weighted by atomic mass is 14.4. The Kier molecular flexibility index (Phi) is 9.41. The number of rotatable bonds is 5. The van der Waals surface area contributed by atoms with Crippen LogP contribution in [-0.4, -0.2) is 0 Å². The van der Waals surface area contributed by atoms with Crippen molar-refractivity contribution in [2.75, 3.05) is 0 Å². The maximum absolute atomic E-state index is 2.53. The summed E-state index contributed by atoms with van der Waals surface area (Å²) in [6, 6.07) is 92.9. The van der Waals surface area contributed by atoms with Gasteiger partial charge in [-0.1, -0.05) is 236 Å². The molecule has 0 heterocycles. The van der Waals surface area contributed by atoms with Gasteiger partial charge in [0, 0.05) is 16.2 Å². The van der Waals surface area contributed by atoms with E-state index < -0.39 is 0 Å². The minimum Gasteiger partial charge on any atom is -0.0622 e. The topological polar surface area (TPSA) is 0 Å². The fourth-order valence-electron chi connectivity index (χ4n) is 15.5. The van der Waals surface area contributed by atoms with E-state index in [4.69, 9.17) is 0 Å². The molecule has 4 aliphatic rings. The first-order valence-corrected chi connectivity index (χ1v) is 29.0. The van der Waals surface area contributed by atoms with Crippen LogP contribution in [0.5, 0.6) is 0 Å². The molecule has 382 valence electrons. The fourth-order valence-corrected chi connectivity index (χ4v) is 15.5. The molecule has 81 heavy (non-hydrogen) atoms. The van der Waals surface area contributed by atoms with Crippen molar-refractivity contribution in [3.05, 3.63) is 276 Å². The van der Waals surface area contributed by atoms with E-state index in [-0.39, 0.29) is 16.2 Å². The first-order chi connectivity index (χ1) is 39.4. The lowest BCUT2D eigenvalue weighted by Gasteiger charge is -2.24. The molecule has 0 bridgehead atoms. The molecule has 4 aliphatic carbocycles. The summed E-state index contributed by atoms with van der Waals surface area (Å²) >= 11 is 0. The van der Waals surface area contributed by atoms with Crippen LogP contribution < -0.4 is 0 Å². The second kappa shape index (κ2) is 16.4. The van der Waals surface area contributed by atoms with Crippen molar-refractivity contribution < 1.29 is 0 Å². The average Bonchev–Trinajstić information content (AvgIpc) is 3.56. The van der Waals surface area contributed by atoms with Crippen LogP contribution in [0.15, 0.2) is 243 Å². The number of fused-ring (bicyclic) bond motifs is 16. The predicted octanol–water partition coefficient (Wildman–Crippen LogP) is 22.0. The van der Waals surface area contributed by atoms with Gasteiger partial charge in [-0.05, 0) is 225 Å². The third kappa shape index (κ3) is 6.42. The van der Waals surface area contributed by atoms with Crippen LogP contribution in [-0.2, 0) is 16.2 Å². The maximum atomic E-state index is 2.53. The molecule has 0 heteroatoms. The molecule has 0 spiro atoms. The van der Waals surface area contributed by atoms with Gasteiger partial charge in [-0.3, -0.25) is 0 Å². The molecular formula is C81H58. The fraction of sp³-hybridized carbons (Fsp3) is 0.111. The van der Waals surface area contributed by atoms with Gasteiger partial charge >= 0.3 is 0 Å². The summed E-state index contributed by atoms with van der Waals surface area (Å²) in [5.41, 5.74) is 33.9. The Labute approximate surface area is 474 Å². The van der Waals surface area contributed by atoms with Crippen LogP contribution in [0.2, 0.25) is 0 Å². The van der Waals surface area contributed by atoms with Crippen LogP contribution in [0.4, 0.5) is 0 Å². The standard InChI is InChI=1S/C81H58/c1-79(2)71-24-16-15-22-58(71)59-32-26-50(40-72(59)79)51-27-33-60-61-34-28-52(42-74(61)80(3,4)73(60)41-51)53-29-35-62-63-36-30-54(44-76(63)81(5,6)75(62)43-53)66-45-69-65-38-37-55(48-19-11-8-12-20-48)77-64-23-14-13-21-56(64)70(78(65)77)46-68(69)57-31-25-49(39-67(57)66)47-17-9-7-10-18-47/h7-46H,1-6H3. The SMILES string of the molecule is CC1(C)c2ccccc2-c2ccc(-c3ccc4c(c3)C(C)(C)c3cc(-c5ccc6c(c5)C(C)(C)c5cc(-c7cc8c9ccc(-c%10ccccc%10)c%10c9c(cc8c8ccc(-c9ccccc9)cc78)-c7ccccc7-%10)ccc5-6)ccc3-4)cc21. The highest BCUT2D eigenvalue weighted by Gasteiger charge is 2.40. The van der Waals surface area contributed by atoms with Gasteiger partial charge < -0.3 is 0 Å². The van der Waals surface area contributed by atoms with Crippen LogP contribution in [0.25, 0.3) is 144 Å². The molecule has 17 rings (SSSR count). The Bertz CT molecular complexity index is 4920. The van der Waals surface area contributed by atoms with Crippen molar-refractivity contribution in [1.29, 1.82) is 0 Å². The summed E-state index contributed by atoms with van der Waals surface area (Å²) in [5.74, 6) is 0. The van der Waals surface area contributed by atoms with Gasteiger partial charge in [0.2, 0.25) is 0 Å². The molecule has 0 saturated carbocycles. The van der Waals surface area contributed by atoms with E-state index in [0.717, 1.165) is 0 Å². The number of benzene rings is 13. The predicted molar refractivity (Wildman–Crippen MR) is 343 cm³/mol. The van der Waals surface area contributed by atoms with E-state index in [1.165, 1.54) is 177 Å². The van der Waals surface area contributed by atoms with Crippen molar-refractivity contribution in [2.24, 2.45) is 0 Å². The highest BCUT2D eigenvalue weighted by Crippen LogP contribution is 2.57. The Hall–Kier alpha value is -9.36. The van der Waals surface area contributed by atoms with Crippen molar-refractivity contribution in [3.63, 3.8) is 0 Å². The zero-order chi connectivity index (χ0) is 54.3. The van der Waals surface area contributed by atoms with Gasteiger partial charge in [0.1, 0.15) is 0 Å². The molecule has 13 aromatic carbocycles. The minimum absolute atomic E-state index is 0.0371. The van der Waals surface area contributed by atoms with Crippen molar-refractivity contribution in [1.82, 2.24) is 0 Å². The largest absolute Gasteiger partial charge is 0.0622 e. The minimum atomic E-state index is -0.231. The van der Waals surface area contributed by atoms with Gasteiger partial charge in [0.15, 0.2) is 0 Å². The van der Waals surface area contributed by atoms with E-state index >= 15 is 0 Å². The number of hydrogen-bond acceptors (Lipinski definition) is 0. The molecule has 0 atom stereocenters. The zero-order valence-electron chi connectivity index (χ0n) is 46.6. The molecule has 0 amide bonds. The molecule has 13 aromatic rings. The first-order valence-electron chi connectivity index (χ1n) is 29.0. The Balaban J connectivity index is 0.759. The maximum Gasteiger partial charge on any atom is 0.0159 e. The van der Waals surface area contributed by atoms with E-state index in [9.17, 15) is 0 Å². The molecule has 0 nitrogen and oxygen atoms in total. The average molecular weight is 1030 g/mol. The monoisotopic (exact) mass is 1030 g/mol. The van der Waals surface area contributed by atoms with Gasteiger partial charge in [0.05, 0.1) is 0 Å². The van der Waals surface area contributed by atoms with Crippen LogP contribution in [0.3, 0.4) is 0 Å². The van der Waals surface area contributed by atoms with E-state index in [1.807, 2.05) is 0 Å². The lowest BCUT2D eigenvalue weighted by Crippen LogP contribution is -2.16. The molecule has 0 fully saturated rings. The van der Waals surface area contributed by atoms with Crippen molar-refractivity contribution in [2.45, 2.75) is 57.8 Å². The molecule has 0 aromatic heterocycles. The first kappa shape index (κ1) is 46.5. The third-order valence-electron chi connectivity index (χ3n) is 19.8. The van der Waals surface area contributed by atoms with Gasteiger partial charge in [-0.2, -0.15) is 0 Å². The summed E-state index contributed by atoms with van der Waals surface area (Å²) in [6.45, 7) is 14.5. The molecule has 0 aliphatic heterocycles. The highest BCUT2D eigenvalue weighted by molar-refractivity contribution is 6.30. The number of hydrogen-bond donors (Lipinski definition) is 0. The van der Waals surface area contributed by atoms with Crippen LogP contribution >= 0.6 is 0 Å². The van der Waals surface area contributed by atoms with Crippen LogP contribution in [0.1, 0.15) is 74.9 Å². The van der Waals surface area contributed by atoms with Gasteiger partial charge in [0.25, 0.3) is 0 Å². The quantitative estimate of drug-likeness (QED) is 0.151. The lowest BCUT2D eigenvalue weighted by molar-refractivity contribution is 0.659. The van der Waals surface area contributed by atoms with E-state index in [2.05, 4.69) is 284 Å². The van der Waals surface area contributed by atoms with E-state index in [1.54, 1.807) is 0 Å². The van der Waals surface area contributed by atoms with Crippen LogP contribution in [0, 0.1) is 0 Å². The summed E-state index contributed by atoms with van der Waals surface area (Å²) < 4.78 is 0. The molecular weight excluding hydrogens is 973 g/mol. The van der Waals surface area contributed by atoms with Crippen molar-refractivity contribution >= 4 is 32.3 Å². The second-order valence-electron chi connectivity index (χ2n) is 25.1. The van der Waals surface area contributed by atoms with Gasteiger partial charge in [-0.25, -0.2) is 0 Å². The summed E-state index contributed by atoms with van der Waals surface area (Å²) in [4.78, 5) is 0. The van der Waals surface area contributed by atoms with Gasteiger partial charge in [-0.15, -0.1) is 0 Å². The Morgan fingerprint density at radius 2 is 0.556 bits per heavy atom. The summed E-state index contributed by atoms with van der Waals surface area (Å²) in [6.07, 6.45) is 0. The van der Waals surface area contributed by atoms with E-state index in [0.29, 0.717) is 0 Å². The molecule has 0 saturated heterocycles. The molecule has 0 N–H and O–H groups in total. The lowest BCUT2D eigenvalue weighted by atomic mass is 9.79. The second-order valence-corrected chi connectivity index (χ2v) is 25.1. The summed E-state index contributed by atoms with van der Waals surface area (Å²) in [7, 11) is 0. The molecule has 0 radical (unpaired) electrons. The Morgan fingerprint density at radius 1 is 0.185 bits per heavy atom. The zero-order valence-corrected chi connectivity index (χ0v) is 46.6. The smallest absolute Gasteiger partial charge is 0.0159 e.